The van der Waals surface area contributed by atoms with Crippen LogP contribution in [-0.2, 0) is 0 Å². The van der Waals surface area contributed by atoms with Crippen molar-refractivity contribution in [2.75, 3.05) is 5.88 Å². The maximum Gasteiger partial charge on any atom is 0.259 e. The molecule has 0 rings (SSSR count). The third-order valence-electron chi connectivity index (χ3n) is 0.924. The smallest absolute Gasteiger partial charge is 0.259 e. The van der Waals surface area contributed by atoms with Crippen molar-refractivity contribution in [1.29, 1.82) is 0 Å². The van der Waals surface area contributed by atoms with E-state index in [0.717, 1.165) is 0 Å². The molecule has 0 aliphatic carbocycles. The van der Waals surface area contributed by atoms with Gasteiger partial charge in [-0.3, -0.25) is 10.1 Å². The summed E-state index contributed by atoms with van der Waals surface area (Å²) in [6, 6.07) is 0. The molecule has 0 aromatic carbocycles. The van der Waals surface area contributed by atoms with Gasteiger partial charge in [-0.15, -0.1) is 11.6 Å². The first-order valence-electron chi connectivity index (χ1n) is 2.46. The third kappa shape index (κ3) is 2.46. The van der Waals surface area contributed by atoms with E-state index in [0.29, 0.717) is 5.57 Å². The summed E-state index contributed by atoms with van der Waals surface area (Å²) in [5.74, 6) is -0.0185. The summed E-state index contributed by atoms with van der Waals surface area (Å²) in [7, 11) is 0. The number of hydrogen-bond donors (Lipinski definition) is 0. The lowest BCUT2D eigenvalue weighted by Crippen LogP contribution is -2.01. The Morgan fingerprint density at radius 2 is 2.11 bits per heavy atom. The predicted molar refractivity (Wildman–Crippen MR) is 36.1 cm³/mol. The van der Waals surface area contributed by atoms with E-state index >= 15 is 0 Å². The summed E-state index contributed by atoms with van der Waals surface area (Å²) in [6.45, 7) is 3.33. The van der Waals surface area contributed by atoms with Gasteiger partial charge < -0.3 is 0 Å². The molecule has 0 heterocycles. The van der Waals surface area contributed by atoms with E-state index in [1.165, 1.54) is 0 Å². The van der Waals surface area contributed by atoms with Crippen LogP contribution in [0.4, 0.5) is 0 Å². The standard InChI is InChI=1S/C5H8ClNO2/c1-4(2)5(3-6)7(8)9/h3H2,1-2H3. The highest BCUT2D eigenvalue weighted by atomic mass is 35.5. The van der Waals surface area contributed by atoms with Gasteiger partial charge in [0.05, 0.1) is 4.92 Å². The molecule has 0 aliphatic heterocycles. The van der Waals surface area contributed by atoms with E-state index in [1.54, 1.807) is 13.8 Å². The first-order chi connectivity index (χ1) is 4.09. The Hall–Kier alpha value is -0.570. The Kier molecular flexibility index (Phi) is 3.24. The van der Waals surface area contributed by atoms with Gasteiger partial charge in [-0.2, -0.15) is 0 Å². The molecule has 0 radical (unpaired) electrons. The third-order valence-corrected chi connectivity index (χ3v) is 1.18. The first-order valence-corrected chi connectivity index (χ1v) is 2.99. The number of alkyl halides is 1. The number of halogens is 1. The van der Waals surface area contributed by atoms with Crippen LogP contribution in [0.2, 0.25) is 0 Å². The Bertz CT molecular complexity index is 149. The fourth-order valence-corrected chi connectivity index (χ4v) is 0.730. The number of nitrogens with zero attached hydrogens (tertiary/aromatic N) is 1. The minimum Gasteiger partial charge on any atom is -0.259 e. The summed E-state index contributed by atoms with van der Waals surface area (Å²) >= 11 is 5.26. The SMILES string of the molecule is CC(C)=C(CCl)[N+](=O)[O-]. The molecule has 3 nitrogen and oxygen atoms in total. The van der Waals surface area contributed by atoms with E-state index in [9.17, 15) is 10.1 Å². The van der Waals surface area contributed by atoms with Crippen molar-refractivity contribution in [3.8, 4) is 0 Å². The summed E-state index contributed by atoms with van der Waals surface area (Å²) in [5, 5.41) is 10.0. The molecule has 0 atom stereocenters. The normalized spacial score (nSPS) is 8.78. The van der Waals surface area contributed by atoms with E-state index in [4.69, 9.17) is 11.6 Å². The zero-order chi connectivity index (χ0) is 7.44. The van der Waals surface area contributed by atoms with Crippen molar-refractivity contribution < 1.29 is 4.92 Å². The average Bonchev–Trinajstić information content (AvgIpc) is 1.64. The molecule has 4 heteroatoms. The van der Waals surface area contributed by atoms with Crippen molar-refractivity contribution in [2.45, 2.75) is 13.8 Å². The number of rotatable bonds is 2. The molecule has 0 fully saturated rings. The maximum atomic E-state index is 10.0. The largest absolute Gasteiger partial charge is 0.259 e. The highest BCUT2D eigenvalue weighted by Crippen LogP contribution is 2.04. The number of hydrogen-bond acceptors (Lipinski definition) is 2. The summed E-state index contributed by atoms with van der Waals surface area (Å²) < 4.78 is 0. The number of allylic oxidation sites excluding steroid dienone is 2. The second kappa shape index (κ2) is 3.45. The quantitative estimate of drug-likeness (QED) is 0.341. The maximum absolute atomic E-state index is 10.0. The molecule has 0 aromatic rings. The van der Waals surface area contributed by atoms with Crippen LogP contribution in [0.3, 0.4) is 0 Å². The molecule has 52 valence electrons. The molecule has 0 amide bonds. The van der Waals surface area contributed by atoms with Gasteiger partial charge >= 0.3 is 0 Å². The van der Waals surface area contributed by atoms with Gasteiger partial charge in [-0.05, 0) is 19.4 Å². The van der Waals surface area contributed by atoms with Gasteiger partial charge in [0.2, 0.25) is 0 Å². The summed E-state index contributed by atoms with van der Waals surface area (Å²) in [5.41, 5.74) is 0.756. The van der Waals surface area contributed by atoms with Gasteiger partial charge in [-0.1, -0.05) is 0 Å². The molecule has 0 saturated heterocycles. The molecule has 0 bridgehead atoms. The second-order valence-corrected chi connectivity index (χ2v) is 2.10. The molecule has 0 unspecified atom stereocenters. The molecule has 0 aromatic heterocycles. The highest BCUT2D eigenvalue weighted by Gasteiger charge is 2.09. The Balaban J connectivity index is 4.35. The van der Waals surface area contributed by atoms with E-state index < -0.39 is 4.92 Å². The van der Waals surface area contributed by atoms with Gasteiger partial charge in [-0.25, -0.2) is 0 Å². The highest BCUT2D eigenvalue weighted by molar-refractivity contribution is 6.19. The van der Waals surface area contributed by atoms with Crippen LogP contribution >= 0.6 is 11.6 Å². The minimum atomic E-state index is -0.456. The summed E-state index contributed by atoms with van der Waals surface area (Å²) in [4.78, 5) is 9.58. The van der Waals surface area contributed by atoms with Crippen LogP contribution in [0.15, 0.2) is 11.3 Å². The van der Waals surface area contributed by atoms with Crippen molar-refractivity contribution in [3.63, 3.8) is 0 Å². The topological polar surface area (TPSA) is 43.1 Å². The molecule has 9 heavy (non-hydrogen) atoms. The lowest BCUT2D eigenvalue weighted by atomic mass is 10.3. The predicted octanol–water partition coefficient (Wildman–Crippen LogP) is 1.80. The van der Waals surface area contributed by atoms with Crippen molar-refractivity contribution in [1.82, 2.24) is 0 Å². The fraction of sp³-hybridized carbons (Fsp3) is 0.600. The fourth-order valence-electron chi connectivity index (χ4n) is 0.365. The van der Waals surface area contributed by atoms with Crippen molar-refractivity contribution in [3.05, 3.63) is 21.4 Å². The Morgan fingerprint density at radius 3 is 2.11 bits per heavy atom. The molecular weight excluding hydrogens is 142 g/mol. The average molecular weight is 150 g/mol. The molecule has 0 aliphatic rings. The van der Waals surface area contributed by atoms with Gasteiger partial charge in [0.15, 0.2) is 0 Å². The van der Waals surface area contributed by atoms with E-state index in [-0.39, 0.29) is 11.6 Å². The first kappa shape index (κ1) is 8.43. The van der Waals surface area contributed by atoms with Crippen molar-refractivity contribution >= 4 is 11.6 Å². The monoisotopic (exact) mass is 149 g/mol. The Morgan fingerprint density at radius 1 is 1.67 bits per heavy atom. The van der Waals surface area contributed by atoms with Gasteiger partial charge in [0.25, 0.3) is 5.70 Å². The van der Waals surface area contributed by atoms with Gasteiger partial charge in [0, 0.05) is 0 Å². The lowest BCUT2D eigenvalue weighted by Gasteiger charge is -1.92. The molecule has 0 spiro atoms. The molecular formula is C5H8ClNO2. The summed E-state index contributed by atoms with van der Waals surface area (Å²) in [6.07, 6.45) is 0. The van der Waals surface area contributed by atoms with Crippen LogP contribution in [0.25, 0.3) is 0 Å². The number of nitro groups is 1. The second-order valence-electron chi connectivity index (χ2n) is 1.84. The zero-order valence-corrected chi connectivity index (χ0v) is 6.10. The van der Waals surface area contributed by atoms with Crippen LogP contribution in [0.5, 0.6) is 0 Å². The van der Waals surface area contributed by atoms with Gasteiger partial charge in [0.1, 0.15) is 5.88 Å². The molecule has 0 N–H and O–H groups in total. The minimum absolute atomic E-state index is 0.0185. The van der Waals surface area contributed by atoms with E-state index in [2.05, 4.69) is 0 Å². The lowest BCUT2D eigenvalue weighted by molar-refractivity contribution is -0.424. The van der Waals surface area contributed by atoms with Crippen LogP contribution in [-0.4, -0.2) is 10.8 Å². The van der Waals surface area contributed by atoms with E-state index in [1.807, 2.05) is 0 Å². The Labute approximate surface area is 58.5 Å². The van der Waals surface area contributed by atoms with Crippen LogP contribution < -0.4 is 0 Å². The van der Waals surface area contributed by atoms with Crippen molar-refractivity contribution in [2.24, 2.45) is 0 Å². The van der Waals surface area contributed by atoms with Crippen LogP contribution in [0.1, 0.15) is 13.8 Å². The zero-order valence-electron chi connectivity index (χ0n) is 5.35. The van der Waals surface area contributed by atoms with Crippen LogP contribution in [0, 0.1) is 10.1 Å². The molecule has 0 saturated carbocycles.